The van der Waals surface area contributed by atoms with Crippen molar-refractivity contribution >= 4 is 23.5 Å². The first-order valence-electron chi connectivity index (χ1n) is 7.90. The molecule has 7 heteroatoms. The van der Waals surface area contributed by atoms with E-state index in [9.17, 15) is 14.4 Å². The third-order valence-electron chi connectivity index (χ3n) is 3.78. The normalized spacial score (nSPS) is 11.6. The Morgan fingerprint density at radius 2 is 2.00 bits per heavy atom. The van der Waals surface area contributed by atoms with E-state index in [-0.39, 0.29) is 29.7 Å². The third-order valence-corrected chi connectivity index (χ3v) is 3.78. The lowest BCUT2D eigenvalue weighted by Gasteiger charge is -2.11. The van der Waals surface area contributed by atoms with Crippen LogP contribution in [-0.4, -0.2) is 22.9 Å². The maximum absolute atomic E-state index is 12.0. The van der Waals surface area contributed by atoms with Gasteiger partial charge in [0.25, 0.3) is 5.91 Å². The second kappa shape index (κ2) is 8.14. The van der Waals surface area contributed by atoms with Crippen molar-refractivity contribution in [1.29, 1.82) is 0 Å². The summed E-state index contributed by atoms with van der Waals surface area (Å²) in [6.07, 6.45) is 1.77. The van der Waals surface area contributed by atoms with Crippen LogP contribution in [-0.2, 0) is 11.3 Å². The molecule has 0 aliphatic rings. The molecular formula is C18H20N2O5. The van der Waals surface area contributed by atoms with E-state index in [1.807, 2.05) is 19.9 Å². The van der Waals surface area contributed by atoms with Gasteiger partial charge < -0.3 is 20.2 Å². The lowest BCUT2D eigenvalue weighted by molar-refractivity contribution is -0.119. The maximum Gasteiger partial charge on any atom is 0.338 e. The van der Waals surface area contributed by atoms with Crippen LogP contribution in [0.1, 0.15) is 46.7 Å². The summed E-state index contributed by atoms with van der Waals surface area (Å²) < 4.78 is 4.94. The van der Waals surface area contributed by atoms with E-state index in [0.717, 1.165) is 18.2 Å². The van der Waals surface area contributed by atoms with Gasteiger partial charge in [-0.25, -0.2) is 4.79 Å². The van der Waals surface area contributed by atoms with Gasteiger partial charge in [-0.3, -0.25) is 9.59 Å². The molecule has 132 valence electrons. The number of carboxylic acid groups (broad SMARTS) is 1. The third kappa shape index (κ3) is 4.94. The molecule has 2 aromatic rings. The average Bonchev–Trinajstić information content (AvgIpc) is 3.09. The Balaban J connectivity index is 1.96. The van der Waals surface area contributed by atoms with E-state index in [1.54, 1.807) is 18.2 Å². The van der Waals surface area contributed by atoms with Crippen molar-refractivity contribution in [3.63, 3.8) is 0 Å². The van der Waals surface area contributed by atoms with Gasteiger partial charge in [0.05, 0.1) is 5.56 Å². The number of carboxylic acids is 1. The summed E-state index contributed by atoms with van der Waals surface area (Å²) in [7, 11) is 0. The highest BCUT2D eigenvalue weighted by molar-refractivity contribution is 5.95. The molecule has 0 aliphatic heterocycles. The van der Waals surface area contributed by atoms with Crippen LogP contribution in [0.2, 0.25) is 0 Å². The number of aromatic carboxylic acids is 1. The molecule has 2 amide bonds. The zero-order valence-corrected chi connectivity index (χ0v) is 14.0. The van der Waals surface area contributed by atoms with Gasteiger partial charge in [-0.15, -0.1) is 0 Å². The molecule has 0 radical (unpaired) electrons. The van der Waals surface area contributed by atoms with E-state index < -0.39 is 11.9 Å². The highest BCUT2D eigenvalue weighted by Crippen LogP contribution is 2.14. The summed E-state index contributed by atoms with van der Waals surface area (Å²) in [6, 6.07) is 8.30. The van der Waals surface area contributed by atoms with Gasteiger partial charge in [0.15, 0.2) is 5.76 Å². The molecule has 0 spiro atoms. The summed E-state index contributed by atoms with van der Waals surface area (Å²) in [5, 5.41) is 14.3. The molecule has 25 heavy (non-hydrogen) atoms. The number of carbonyl (C=O) groups excluding carboxylic acids is 2. The Labute approximate surface area is 145 Å². The van der Waals surface area contributed by atoms with E-state index in [4.69, 9.17) is 9.52 Å². The van der Waals surface area contributed by atoms with Crippen LogP contribution < -0.4 is 10.6 Å². The molecule has 7 nitrogen and oxygen atoms in total. The van der Waals surface area contributed by atoms with Crippen LogP contribution in [0.3, 0.4) is 0 Å². The van der Waals surface area contributed by atoms with Crippen molar-refractivity contribution in [2.45, 2.75) is 26.8 Å². The SMILES string of the molecule is CCC(C)C(=O)Nc1cccc(CNC(=O)c2cc(C(=O)O)co2)c1. The number of benzene rings is 1. The van der Waals surface area contributed by atoms with E-state index in [2.05, 4.69) is 10.6 Å². The van der Waals surface area contributed by atoms with Crippen LogP contribution in [0.4, 0.5) is 5.69 Å². The van der Waals surface area contributed by atoms with Gasteiger partial charge in [-0.1, -0.05) is 26.0 Å². The molecule has 1 unspecified atom stereocenters. The van der Waals surface area contributed by atoms with Crippen molar-refractivity contribution in [3.05, 3.63) is 53.5 Å². The number of anilines is 1. The van der Waals surface area contributed by atoms with Crippen molar-refractivity contribution < 1.29 is 23.9 Å². The molecule has 1 atom stereocenters. The van der Waals surface area contributed by atoms with Gasteiger partial charge in [0, 0.05) is 24.2 Å². The number of amides is 2. The van der Waals surface area contributed by atoms with Crippen LogP contribution in [0.5, 0.6) is 0 Å². The Bertz CT molecular complexity index is 781. The molecule has 1 heterocycles. The number of furan rings is 1. The van der Waals surface area contributed by atoms with Crippen molar-refractivity contribution in [2.24, 2.45) is 5.92 Å². The predicted octanol–water partition coefficient (Wildman–Crippen LogP) is 2.89. The molecule has 0 aliphatic carbocycles. The Hall–Kier alpha value is -3.09. The molecule has 0 bridgehead atoms. The quantitative estimate of drug-likeness (QED) is 0.715. The molecule has 1 aromatic heterocycles. The van der Waals surface area contributed by atoms with Crippen molar-refractivity contribution in [3.8, 4) is 0 Å². The Kier molecular flexibility index (Phi) is 5.94. The fraction of sp³-hybridized carbons (Fsp3) is 0.278. The summed E-state index contributed by atoms with van der Waals surface area (Å²) >= 11 is 0. The zero-order chi connectivity index (χ0) is 18.4. The first kappa shape index (κ1) is 18.3. The Morgan fingerprint density at radius 3 is 2.64 bits per heavy atom. The van der Waals surface area contributed by atoms with Crippen LogP contribution in [0.15, 0.2) is 41.0 Å². The lowest BCUT2D eigenvalue weighted by atomic mass is 10.1. The van der Waals surface area contributed by atoms with Crippen molar-refractivity contribution in [2.75, 3.05) is 5.32 Å². The minimum absolute atomic E-state index is 0.0551. The molecule has 3 N–H and O–H groups in total. The number of hydrogen-bond donors (Lipinski definition) is 3. The molecule has 2 rings (SSSR count). The summed E-state index contributed by atoms with van der Waals surface area (Å²) in [6.45, 7) is 4.02. The first-order chi connectivity index (χ1) is 11.9. The van der Waals surface area contributed by atoms with Crippen LogP contribution in [0, 0.1) is 5.92 Å². The summed E-state index contributed by atoms with van der Waals surface area (Å²) in [4.78, 5) is 34.7. The van der Waals surface area contributed by atoms with Gasteiger partial charge >= 0.3 is 5.97 Å². The largest absolute Gasteiger partial charge is 0.478 e. The molecule has 0 saturated heterocycles. The fourth-order valence-electron chi connectivity index (χ4n) is 2.05. The highest BCUT2D eigenvalue weighted by atomic mass is 16.4. The lowest BCUT2D eigenvalue weighted by Crippen LogP contribution is -2.23. The second-order valence-electron chi connectivity index (χ2n) is 5.69. The molecular weight excluding hydrogens is 324 g/mol. The summed E-state index contributed by atoms with van der Waals surface area (Å²) in [5.74, 6) is -1.88. The van der Waals surface area contributed by atoms with Crippen LogP contribution >= 0.6 is 0 Å². The average molecular weight is 344 g/mol. The fourth-order valence-corrected chi connectivity index (χ4v) is 2.05. The highest BCUT2D eigenvalue weighted by Gasteiger charge is 2.14. The second-order valence-corrected chi connectivity index (χ2v) is 5.69. The van der Waals surface area contributed by atoms with Gasteiger partial charge in [-0.05, 0) is 24.1 Å². The molecule has 1 aromatic carbocycles. The smallest absolute Gasteiger partial charge is 0.338 e. The zero-order valence-electron chi connectivity index (χ0n) is 14.0. The molecule has 0 fully saturated rings. The van der Waals surface area contributed by atoms with Crippen molar-refractivity contribution in [1.82, 2.24) is 5.32 Å². The monoisotopic (exact) mass is 344 g/mol. The summed E-state index contributed by atoms with van der Waals surface area (Å²) in [5.41, 5.74) is 1.36. The number of carbonyl (C=O) groups is 3. The van der Waals surface area contributed by atoms with Crippen LogP contribution in [0.25, 0.3) is 0 Å². The van der Waals surface area contributed by atoms with Gasteiger partial charge in [-0.2, -0.15) is 0 Å². The number of nitrogens with one attached hydrogen (secondary N) is 2. The van der Waals surface area contributed by atoms with E-state index >= 15 is 0 Å². The number of hydrogen-bond acceptors (Lipinski definition) is 4. The van der Waals surface area contributed by atoms with E-state index in [0.29, 0.717) is 5.69 Å². The minimum atomic E-state index is -1.16. The predicted molar refractivity (Wildman–Crippen MR) is 91.4 cm³/mol. The first-order valence-corrected chi connectivity index (χ1v) is 7.90. The van der Waals surface area contributed by atoms with Gasteiger partial charge in [0.1, 0.15) is 6.26 Å². The topological polar surface area (TPSA) is 109 Å². The molecule has 0 saturated carbocycles. The van der Waals surface area contributed by atoms with E-state index in [1.165, 1.54) is 6.07 Å². The maximum atomic E-state index is 12.0. The standard InChI is InChI=1S/C18H20N2O5/c1-3-11(2)16(21)20-14-6-4-5-12(7-14)9-19-17(22)15-8-13(10-25-15)18(23)24/h4-8,10-11H,3,9H2,1-2H3,(H,19,22)(H,20,21)(H,23,24). The Morgan fingerprint density at radius 1 is 1.24 bits per heavy atom. The number of rotatable bonds is 7. The van der Waals surface area contributed by atoms with Gasteiger partial charge in [0.2, 0.25) is 5.91 Å². The minimum Gasteiger partial charge on any atom is -0.478 e.